The zero-order valence-electron chi connectivity index (χ0n) is 15.0. The van der Waals surface area contributed by atoms with E-state index in [0.717, 1.165) is 24.3 Å². The molecule has 0 unspecified atom stereocenters. The second kappa shape index (κ2) is 7.75. The van der Waals surface area contributed by atoms with Crippen molar-refractivity contribution in [1.29, 1.82) is 5.26 Å². The number of nitrogens with zero attached hydrogens (tertiary/aromatic N) is 3. The number of nitriles is 1. The zero-order chi connectivity index (χ0) is 18.5. The first-order chi connectivity index (χ1) is 12.7. The van der Waals surface area contributed by atoms with Gasteiger partial charge in [0.25, 0.3) is 0 Å². The molecule has 5 nitrogen and oxygen atoms in total. The summed E-state index contributed by atoms with van der Waals surface area (Å²) >= 11 is 0. The van der Waals surface area contributed by atoms with Gasteiger partial charge in [0.15, 0.2) is 0 Å². The molecule has 0 bridgehead atoms. The fraction of sp³-hybridized carbons (Fsp3) is 0.238. The quantitative estimate of drug-likeness (QED) is 0.632. The molecule has 0 amide bonds. The van der Waals surface area contributed by atoms with Crippen molar-refractivity contribution < 1.29 is 9.53 Å². The number of pyridine rings is 1. The topological polar surface area (TPSA) is 57.7 Å². The van der Waals surface area contributed by atoms with Crippen molar-refractivity contribution in [2.24, 2.45) is 0 Å². The number of benzene rings is 1. The van der Waals surface area contributed by atoms with Crippen molar-refractivity contribution in [2.45, 2.75) is 20.5 Å². The first-order valence-electron chi connectivity index (χ1n) is 8.68. The van der Waals surface area contributed by atoms with E-state index in [0.29, 0.717) is 16.7 Å². The summed E-state index contributed by atoms with van der Waals surface area (Å²) in [5, 5.41) is 9.41. The van der Waals surface area contributed by atoms with Gasteiger partial charge < -0.3 is 14.0 Å². The maximum atomic E-state index is 12.3. The van der Waals surface area contributed by atoms with E-state index in [2.05, 4.69) is 24.8 Å². The molecule has 2 heterocycles. The predicted molar refractivity (Wildman–Crippen MR) is 101 cm³/mol. The highest BCUT2D eigenvalue weighted by Gasteiger charge is 2.13. The van der Waals surface area contributed by atoms with E-state index >= 15 is 0 Å². The highest BCUT2D eigenvalue weighted by Crippen LogP contribution is 2.20. The van der Waals surface area contributed by atoms with Gasteiger partial charge >= 0.3 is 5.97 Å². The van der Waals surface area contributed by atoms with Crippen molar-refractivity contribution in [2.75, 3.05) is 18.0 Å². The van der Waals surface area contributed by atoms with Crippen LogP contribution in [0.1, 0.15) is 35.3 Å². The number of hydrogen-bond acceptors (Lipinski definition) is 4. The molecular formula is C21H21N3O2. The third-order valence-electron chi connectivity index (χ3n) is 4.46. The standard InChI is InChI=1S/C21H21N3O2/c1-3-23(4-2)18-10-8-16(9-11-18)21(25)26-15-17-14-24-12-6-5-7-20(24)19(17)13-22/h5-12,14H,3-4,15H2,1-2H3. The van der Waals surface area contributed by atoms with Crippen molar-refractivity contribution in [3.8, 4) is 6.07 Å². The summed E-state index contributed by atoms with van der Waals surface area (Å²) in [7, 11) is 0. The van der Waals surface area contributed by atoms with Gasteiger partial charge in [0.1, 0.15) is 12.7 Å². The summed E-state index contributed by atoms with van der Waals surface area (Å²) in [5.41, 5.74) is 3.63. The van der Waals surface area contributed by atoms with Gasteiger partial charge in [-0.15, -0.1) is 0 Å². The Kier molecular flexibility index (Phi) is 5.23. The minimum absolute atomic E-state index is 0.0706. The van der Waals surface area contributed by atoms with Crippen LogP contribution in [0.25, 0.3) is 5.52 Å². The third-order valence-corrected chi connectivity index (χ3v) is 4.46. The maximum Gasteiger partial charge on any atom is 0.338 e. The van der Waals surface area contributed by atoms with E-state index in [4.69, 9.17) is 4.74 Å². The van der Waals surface area contributed by atoms with Crippen molar-refractivity contribution in [3.63, 3.8) is 0 Å². The number of carbonyl (C=O) groups excluding carboxylic acids is 1. The molecule has 0 N–H and O–H groups in total. The molecule has 3 rings (SSSR count). The summed E-state index contributed by atoms with van der Waals surface area (Å²) < 4.78 is 7.28. The van der Waals surface area contributed by atoms with E-state index in [-0.39, 0.29) is 6.61 Å². The van der Waals surface area contributed by atoms with Gasteiger partial charge in [0.05, 0.1) is 16.6 Å². The number of aromatic nitrogens is 1. The summed E-state index contributed by atoms with van der Waals surface area (Å²) in [4.78, 5) is 14.5. The van der Waals surface area contributed by atoms with Crippen LogP contribution in [-0.2, 0) is 11.3 Å². The maximum absolute atomic E-state index is 12.3. The van der Waals surface area contributed by atoms with Gasteiger partial charge in [0, 0.05) is 36.7 Å². The zero-order valence-corrected chi connectivity index (χ0v) is 15.0. The average molecular weight is 347 g/mol. The number of ether oxygens (including phenoxy) is 1. The van der Waals surface area contributed by atoms with Crippen LogP contribution >= 0.6 is 0 Å². The molecule has 1 aromatic carbocycles. The van der Waals surface area contributed by atoms with Crippen LogP contribution in [0.15, 0.2) is 54.9 Å². The lowest BCUT2D eigenvalue weighted by Crippen LogP contribution is -2.21. The number of rotatable bonds is 6. The lowest BCUT2D eigenvalue weighted by atomic mass is 10.2. The van der Waals surface area contributed by atoms with Crippen molar-refractivity contribution >= 4 is 17.2 Å². The van der Waals surface area contributed by atoms with Crippen LogP contribution in [0.2, 0.25) is 0 Å². The molecule has 0 saturated heterocycles. The van der Waals surface area contributed by atoms with Gasteiger partial charge in [0.2, 0.25) is 0 Å². The molecule has 0 atom stereocenters. The van der Waals surface area contributed by atoms with Gasteiger partial charge in [-0.2, -0.15) is 5.26 Å². The smallest absolute Gasteiger partial charge is 0.338 e. The Balaban J connectivity index is 1.72. The fourth-order valence-corrected chi connectivity index (χ4v) is 3.04. The SMILES string of the molecule is CCN(CC)c1ccc(C(=O)OCc2cn3ccccc3c2C#N)cc1. The Morgan fingerprint density at radius 1 is 1.15 bits per heavy atom. The molecular weight excluding hydrogens is 326 g/mol. The first kappa shape index (κ1) is 17.6. The third kappa shape index (κ3) is 3.40. The molecule has 132 valence electrons. The molecule has 0 aliphatic carbocycles. The Morgan fingerprint density at radius 2 is 1.88 bits per heavy atom. The van der Waals surface area contributed by atoms with Crippen LogP contribution < -0.4 is 4.90 Å². The summed E-state index contributed by atoms with van der Waals surface area (Å²) in [6, 6.07) is 15.2. The predicted octanol–water partition coefficient (Wildman–Crippen LogP) is 4.01. The molecule has 0 radical (unpaired) electrons. The van der Waals surface area contributed by atoms with E-state index in [9.17, 15) is 10.1 Å². The fourth-order valence-electron chi connectivity index (χ4n) is 3.04. The molecule has 2 aromatic heterocycles. The second-order valence-electron chi connectivity index (χ2n) is 5.93. The summed E-state index contributed by atoms with van der Waals surface area (Å²) in [6.45, 7) is 6.10. The molecule has 0 aliphatic heterocycles. The van der Waals surface area contributed by atoms with Crippen LogP contribution in [-0.4, -0.2) is 23.5 Å². The minimum Gasteiger partial charge on any atom is -0.457 e. The van der Waals surface area contributed by atoms with E-state index < -0.39 is 5.97 Å². The normalized spacial score (nSPS) is 10.5. The highest BCUT2D eigenvalue weighted by molar-refractivity contribution is 5.89. The lowest BCUT2D eigenvalue weighted by Gasteiger charge is -2.20. The Hall–Kier alpha value is -3.26. The van der Waals surface area contributed by atoms with Gasteiger partial charge in [-0.05, 0) is 50.2 Å². The van der Waals surface area contributed by atoms with Crippen LogP contribution in [0, 0.1) is 11.3 Å². The Labute approximate surface area is 153 Å². The second-order valence-corrected chi connectivity index (χ2v) is 5.93. The van der Waals surface area contributed by atoms with E-state index in [1.165, 1.54) is 0 Å². The number of fused-ring (bicyclic) bond motifs is 1. The molecule has 0 aliphatic rings. The van der Waals surface area contributed by atoms with Crippen LogP contribution in [0.5, 0.6) is 0 Å². The molecule has 5 heteroatoms. The number of hydrogen-bond donors (Lipinski definition) is 0. The molecule has 26 heavy (non-hydrogen) atoms. The van der Waals surface area contributed by atoms with Crippen molar-refractivity contribution in [3.05, 3.63) is 71.5 Å². The molecule has 0 saturated carbocycles. The number of esters is 1. The van der Waals surface area contributed by atoms with Crippen molar-refractivity contribution in [1.82, 2.24) is 4.40 Å². The minimum atomic E-state index is -0.393. The number of carbonyl (C=O) groups is 1. The molecule has 0 spiro atoms. The summed E-state index contributed by atoms with van der Waals surface area (Å²) in [5.74, 6) is -0.393. The lowest BCUT2D eigenvalue weighted by molar-refractivity contribution is 0.0472. The van der Waals surface area contributed by atoms with Crippen LogP contribution in [0.3, 0.4) is 0 Å². The average Bonchev–Trinajstić information content (AvgIpc) is 3.05. The Bertz CT molecular complexity index is 948. The molecule has 3 aromatic rings. The first-order valence-corrected chi connectivity index (χ1v) is 8.68. The highest BCUT2D eigenvalue weighted by atomic mass is 16.5. The van der Waals surface area contributed by atoms with Crippen LogP contribution in [0.4, 0.5) is 5.69 Å². The monoisotopic (exact) mass is 347 g/mol. The van der Waals surface area contributed by atoms with E-state index in [1.807, 2.05) is 47.1 Å². The van der Waals surface area contributed by atoms with Gasteiger partial charge in [-0.1, -0.05) is 6.07 Å². The van der Waals surface area contributed by atoms with Gasteiger partial charge in [-0.3, -0.25) is 0 Å². The largest absolute Gasteiger partial charge is 0.457 e. The summed E-state index contributed by atoms with van der Waals surface area (Å²) in [6.07, 6.45) is 3.69. The van der Waals surface area contributed by atoms with E-state index in [1.54, 1.807) is 12.1 Å². The molecule has 0 fully saturated rings. The number of anilines is 1. The Morgan fingerprint density at radius 3 is 2.54 bits per heavy atom. The van der Waals surface area contributed by atoms with Gasteiger partial charge in [-0.25, -0.2) is 4.79 Å².